The smallest absolute Gasteiger partial charge is 0.155 e. The monoisotopic (exact) mass is 188 g/mol. The van der Waals surface area contributed by atoms with Gasteiger partial charge in [0.2, 0.25) is 0 Å². The topological polar surface area (TPSA) is 56.0 Å². The number of nitrogen functional groups attached to an aromatic ring is 1. The third-order valence-electron chi connectivity index (χ3n) is 2.41. The molecule has 2 rings (SSSR count). The van der Waals surface area contributed by atoms with Crippen molar-refractivity contribution in [1.82, 2.24) is 4.98 Å². The first-order valence-corrected chi connectivity index (χ1v) is 4.70. The fourth-order valence-corrected chi connectivity index (χ4v) is 1.68. The van der Waals surface area contributed by atoms with Crippen LogP contribution in [0.25, 0.3) is 5.57 Å². The number of aromatic nitrogens is 1. The van der Waals surface area contributed by atoms with E-state index in [2.05, 4.69) is 4.98 Å². The van der Waals surface area contributed by atoms with Gasteiger partial charge in [0.05, 0.1) is 0 Å². The van der Waals surface area contributed by atoms with Gasteiger partial charge in [-0.3, -0.25) is 9.78 Å². The standard InChI is InChI=1S/C11H12N2O/c12-11-4-5-13-7-10(11)8-2-1-3-9(14)6-8/h4-7H,1-3H2,(H2,12,13). The van der Waals surface area contributed by atoms with Crippen LogP contribution in [0.1, 0.15) is 24.8 Å². The summed E-state index contributed by atoms with van der Waals surface area (Å²) in [7, 11) is 0. The van der Waals surface area contributed by atoms with E-state index in [4.69, 9.17) is 5.73 Å². The van der Waals surface area contributed by atoms with Gasteiger partial charge in [-0.2, -0.15) is 0 Å². The van der Waals surface area contributed by atoms with Crippen molar-refractivity contribution in [2.24, 2.45) is 0 Å². The average molecular weight is 188 g/mol. The summed E-state index contributed by atoms with van der Waals surface area (Å²) in [5.41, 5.74) is 8.42. The van der Waals surface area contributed by atoms with Gasteiger partial charge in [0, 0.05) is 30.1 Å². The molecule has 1 heterocycles. The highest BCUT2D eigenvalue weighted by Crippen LogP contribution is 2.28. The molecule has 3 heteroatoms. The van der Waals surface area contributed by atoms with E-state index in [-0.39, 0.29) is 5.78 Å². The van der Waals surface area contributed by atoms with Gasteiger partial charge in [0.15, 0.2) is 5.78 Å². The third-order valence-corrected chi connectivity index (χ3v) is 2.41. The van der Waals surface area contributed by atoms with Gasteiger partial charge in [-0.1, -0.05) is 0 Å². The van der Waals surface area contributed by atoms with Crippen molar-refractivity contribution >= 4 is 17.0 Å². The van der Waals surface area contributed by atoms with E-state index in [1.54, 1.807) is 24.5 Å². The predicted octanol–water partition coefficient (Wildman–Crippen LogP) is 1.80. The number of ketones is 1. The minimum atomic E-state index is 0.189. The maximum absolute atomic E-state index is 11.2. The van der Waals surface area contributed by atoms with Crippen LogP contribution < -0.4 is 5.73 Å². The molecular weight excluding hydrogens is 176 g/mol. The van der Waals surface area contributed by atoms with Gasteiger partial charge >= 0.3 is 0 Å². The second-order valence-electron chi connectivity index (χ2n) is 3.45. The molecule has 0 amide bonds. The summed E-state index contributed by atoms with van der Waals surface area (Å²) in [6.07, 6.45) is 7.56. The molecule has 0 saturated carbocycles. The Morgan fingerprint density at radius 2 is 2.21 bits per heavy atom. The van der Waals surface area contributed by atoms with Gasteiger partial charge in [0.1, 0.15) is 0 Å². The van der Waals surface area contributed by atoms with Crippen molar-refractivity contribution in [2.45, 2.75) is 19.3 Å². The Hall–Kier alpha value is -1.64. The molecule has 0 atom stereocenters. The summed E-state index contributed by atoms with van der Waals surface area (Å²) in [5.74, 6) is 0.189. The van der Waals surface area contributed by atoms with Crippen LogP contribution in [0.4, 0.5) is 5.69 Å². The zero-order chi connectivity index (χ0) is 9.97. The maximum Gasteiger partial charge on any atom is 0.155 e. The van der Waals surface area contributed by atoms with E-state index < -0.39 is 0 Å². The highest BCUT2D eigenvalue weighted by Gasteiger charge is 2.13. The lowest BCUT2D eigenvalue weighted by atomic mass is 9.93. The minimum absolute atomic E-state index is 0.189. The molecule has 1 aromatic rings. The van der Waals surface area contributed by atoms with E-state index in [0.29, 0.717) is 12.1 Å². The number of anilines is 1. The molecule has 3 nitrogen and oxygen atoms in total. The SMILES string of the molecule is Nc1ccncc1C1=CC(=O)CCC1. The number of hydrogen-bond acceptors (Lipinski definition) is 3. The number of allylic oxidation sites excluding steroid dienone is 2. The van der Waals surface area contributed by atoms with E-state index in [0.717, 1.165) is 24.0 Å². The summed E-state index contributed by atoms with van der Waals surface area (Å²) in [6, 6.07) is 1.76. The van der Waals surface area contributed by atoms with Crippen LogP contribution in [0.3, 0.4) is 0 Å². The van der Waals surface area contributed by atoms with Crippen LogP contribution in [0.15, 0.2) is 24.5 Å². The lowest BCUT2D eigenvalue weighted by molar-refractivity contribution is -0.114. The molecule has 0 bridgehead atoms. The average Bonchev–Trinajstić information content (AvgIpc) is 2.18. The molecule has 0 radical (unpaired) electrons. The Kier molecular flexibility index (Phi) is 2.31. The first kappa shape index (κ1) is 8.94. The van der Waals surface area contributed by atoms with Crippen LogP contribution in [-0.2, 0) is 4.79 Å². The summed E-state index contributed by atoms with van der Waals surface area (Å²) in [6.45, 7) is 0. The maximum atomic E-state index is 11.2. The van der Waals surface area contributed by atoms with Crippen LogP contribution in [0.5, 0.6) is 0 Å². The molecule has 0 aliphatic heterocycles. The molecule has 2 N–H and O–H groups in total. The number of nitrogens with two attached hydrogens (primary N) is 1. The van der Waals surface area contributed by atoms with Crippen LogP contribution in [0, 0.1) is 0 Å². The first-order valence-electron chi connectivity index (χ1n) is 4.70. The quantitative estimate of drug-likeness (QED) is 0.731. The van der Waals surface area contributed by atoms with Crippen molar-refractivity contribution in [3.05, 3.63) is 30.1 Å². The molecule has 72 valence electrons. The summed E-state index contributed by atoms with van der Waals surface area (Å²) < 4.78 is 0. The Morgan fingerprint density at radius 3 is 2.93 bits per heavy atom. The molecular formula is C11H12N2O. The number of rotatable bonds is 1. The third kappa shape index (κ3) is 1.66. The molecule has 0 spiro atoms. The molecule has 1 aromatic heterocycles. The lowest BCUT2D eigenvalue weighted by Gasteiger charge is -2.13. The van der Waals surface area contributed by atoms with Gasteiger partial charge in [-0.05, 0) is 30.6 Å². The molecule has 0 fully saturated rings. The fraction of sp³-hybridized carbons (Fsp3) is 0.273. The van der Waals surface area contributed by atoms with E-state index in [9.17, 15) is 4.79 Å². The fourth-order valence-electron chi connectivity index (χ4n) is 1.68. The summed E-state index contributed by atoms with van der Waals surface area (Å²) in [5, 5.41) is 0. The highest BCUT2D eigenvalue weighted by molar-refractivity contribution is 5.99. The normalized spacial score (nSPS) is 16.6. The van der Waals surface area contributed by atoms with Crippen molar-refractivity contribution in [3.63, 3.8) is 0 Å². The van der Waals surface area contributed by atoms with Gasteiger partial charge in [-0.25, -0.2) is 0 Å². The van der Waals surface area contributed by atoms with Crippen molar-refractivity contribution < 1.29 is 4.79 Å². The van der Waals surface area contributed by atoms with Crippen molar-refractivity contribution in [1.29, 1.82) is 0 Å². The minimum Gasteiger partial charge on any atom is -0.398 e. The number of nitrogens with zero attached hydrogens (tertiary/aromatic N) is 1. The van der Waals surface area contributed by atoms with E-state index in [1.165, 1.54) is 0 Å². The summed E-state index contributed by atoms with van der Waals surface area (Å²) >= 11 is 0. The Balaban J connectivity index is 2.40. The number of carbonyl (C=O) groups excluding carboxylic acids is 1. The van der Waals surface area contributed by atoms with Gasteiger partial charge in [-0.15, -0.1) is 0 Å². The molecule has 0 aromatic carbocycles. The Labute approximate surface area is 82.6 Å². The number of carbonyl (C=O) groups is 1. The number of hydrogen-bond donors (Lipinski definition) is 1. The van der Waals surface area contributed by atoms with Crippen LogP contribution in [-0.4, -0.2) is 10.8 Å². The molecule has 0 saturated heterocycles. The zero-order valence-electron chi connectivity index (χ0n) is 7.86. The molecule has 1 aliphatic carbocycles. The molecule has 14 heavy (non-hydrogen) atoms. The molecule has 1 aliphatic rings. The largest absolute Gasteiger partial charge is 0.398 e. The van der Waals surface area contributed by atoms with Crippen molar-refractivity contribution in [2.75, 3.05) is 5.73 Å². The zero-order valence-corrected chi connectivity index (χ0v) is 7.86. The van der Waals surface area contributed by atoms with E-state index in [1.807, 2.05) is 0 Å². The van der Waals surface area contributed by atoms with Crippen molar-refractivity contribution in [3.8, 4) is 0 Å². The van der Waals surface area contributed by atoms with Crippen LogP contribution >= 0.6 is 0 Å². The molecule has 0 unspecified atom stereocenters. The second kappa shape index (κ2) is 3.62. The number of pyridine rings is 1. The van der Waals surface area contributed by atoms with Crippen LogP contribution in [0.2, 0.25) is 0 Å². The first-order chi connectivity index (χ1) is 6.77. The summed E-state index contributed by atoms with van der Waals surface area (Å²) in [4.78, 5) is 15.2. The Bertz CT molecular complexity index is 396. The predicted molar refractivity (Wildman–Crippen MR) is 55.5 cm³/mol. The highest BCUT2D eigenvalue weighted by atomic mass is 16.1. The lowest BCUT2D eigenvalue weighted by Crippen LogP contribution is -2.04. The Morgan fingerprint density at radius 1 is 1.36 bits per heavy atom. The second-order valence-corrected chi connectivity index (χ2v) is 3.45. The van der Waals surface area contributed by atoms with Gasteiger partial charge in [0.25, 0.3) is 0 Å². The van der Waals surface area contributed by atoms with E-state index >= 15 is 0 Å². The van der Waals surface area contributed by atoms with Gasteiger partial charge < -0.3 is 5.73 Å².